The molecule has 3 rings (SSSR count). The predicted octanol–water partition coefficient (Wildman–Crippen LogP) is 6.85. The molecule has 1 aliphatic carbocycles. The average Bonchev–Trinajstić information content (AvgIpc) is 2.66. The van der Waals surface area contributed by atoms with Crippen molar-refractivity contribution in [2.45, 2.75) is 90.5 Å². The van der Waals surface area contributed by atoms with Crippen LogP contribution in [0.2, 0.25) is 0 Å². The smallest absolute Gasteiger partial charge is 0.319 e. The number of primary amides is 1. The largest absolute Gasteiger partial charge is 0.351 e. The Kier molecular flexibility index (Phi) is 5.79. The van der Waals surface area contributed by atoms with Crippen LogP contribution in [0, 0.1) is 0 Å². The molecule has 2 amide bonds. The summed E-state index contributed by atoms with van der Waals surface area (Å²) >= 11 is 0. The van der Waals surface area contributed by atoms with Crippen LogP contribution in [0.4, 0.5) is 10.5 Å². The minimum absolute atomic E-state index is 0.0303. The van der Waals surface area contributed by atoms with Crippen molar-refractivity contribution in [1.82, 2.24) is 0 Å². The van der Waals surface area contributed by atoms with E-state index in [4.69, 9.17) is 5.73 Å². The molecule has 0 bridgehead atoms. The second kappa shape index (κ2) is 7.76. The van der Waals surface area contributed by atoms with E-state index in [-0.39, 0.29) is 22.9 Å². The van der Waals surface area contributed by atoms with Gasteiger partial charge < -0.3 is 5.73 Å². The first-order valence-electron chi connectivity index (χ1n) is 11.2. The summed E-state index contributed by atoms with van der Waals surface area (Å²) in [6, 6.07) is 14.7. The Morgan fingerprint density at radius 3 is 1.87 bits per heavy atom. The highest BCUT2D eigenvalue weighted by Crippen LogP contribution is 2.50. The van der Waals surface area contributed by atoms with E-state index in [9.17, 15) is 4.79 Å². The van der Waals surface area contributed by atoms with Gasteiger partial charge in [0.25, 0.3) is 0 Å². The number of benzene rings is 2. The molecule has 3 nitrogen and oxygen atoms in total. The molecule has 1 aliphatic rings. The summed E-state index contributed by atoms with van der Waals surface area (Å²) in [4.78, 5) is 15.0. The first-order valence-corrected chi connectivity index (χ1v) is 11.2. The quantitative estimate of drug-likeness (QED) is 0.593. The summed E-state index contributed by atoms with van der Waals surface area (Å²) < 4.78 is 0. The third-order valence-electron chi connectivity index (χ3n) is 7.02. The molecule has 0 saturated carbocycles. The van der Waals surface area contributed by atoms with E-state index in [1.54, 1.807) is 0 Å². The van der Waals surface area contributed by atoms with Gasteiger partial charge in [-0.2, -0.15) is 0 Å². The van der Waals surface area contributed by atoms with Crippen LogP contribution >= 0.6 is 0 Å². The van der Waals surface area contributed by atoms with Crippen LogP contribution in [0.3, 0.4) is 0 Å². The van der Waals surface area contributed by atoms with Crippen LogP contribution in [0.15, 0.2) is 42.5 Å². The second-order valence-corrected chi connectivity index (χ2v) is 10.7. The van der Waals surface area contributed by atoms with Crippen molar-refractivity contribution in [2.24, 2.45) is 5.73 Å². The Morgan fingerprint density at radius 1 is 0.900 bits per heavy atom. The van der Waals surface area contributed by atoms with Gasteiger partial charge in [-0.3, -0.25) is 4.90 Å². The molecule has 2 aromatic rings. The molecule has 0 saturated heterocycles. The summed E-state index contributed by atoms with van der Waals surface area (Å²) in [6.45, 7) is 17.8. The maximum Gasteiger partial charge on any atom is 0.319 e. The number of anilines is 1. The van der Waals surface area contributed by atoms with Crippen LogP contribution in [0.1, 0.15) is 95.9 Å². The van der Waals surface area contributed by atoms with E-state index in [0.29, 0.717) is 11.8 Å². The molecule has 1 atom stereocenters. The molecule has 30 heavy (non-hydrogen) atoms. The molecule has 2 aromatic carbocycles. The number of nitrogens with zero attached hydrogens (tertiary/aromatic N) is 1. The van der Waals surface area contributed by atoms with Crippen LogP contribution < -0.4 is 10.6 Å². The van der Waals surface area contributed by atoms with Crippen LogP contribution in [0.5, 0.6) is 0 Å². The Hall–Kier alpha value is -2.29. The number of urea groups is 1. The van der Waals surface area contributed by atoms with Gasteiger partial charge in [-0.25, -0.2) is 4.79 Å². The van der Waals surface area contributed by atoms with Crippen LogP contribution in [0.25, 0.3) is 0 Å². The Labute approximate surface area is 182 Å². The van der Waals surface area contributed by atoms with Crippen molar-refractivity contribution in [3.05, 3.63) is 64.7 Å². The minimum Gasteiger partial charge on any atom is -0.351 e. The Bertz CT molecular complexity index is 913. The SMILES string of the molecule is CC(C)c1cccc(C(C)C)c1N(C(N)=O)C1CC(C)(C)c2ccccc2C1(C)C. The lowest BCUT2D eigenvalue weighted by Crippen LogP contribution is -2.58. The fourth-order valence-corrected chi connectivity index (χ4v) is 5.29. The van der Waals surface area contributed by atoms with Crippen molar-refractivity contribution in [1.29, 1.82) is 0 Å². The molecule has 3 heteroatoms. The molecule has 0 heterocycles. The lowest BCUT2D eigenvalue weighted by Gasteiger charge is -2.51. The molecule has 162 valence electrons. The highest BCUT2D eigenvalue weighted by Gasteiger charge is 2.48. The maximum atomic E-state index is 13.1. The molecule has 1 unspecified atom stereocenters. The molecule has 2 N–H and O–H groups in total. The number of hydrogen-bond donors (Lipinski definition) is 1. The molecule has 0 radical (unpaired) electrons. The van der Waals surface area contributed by atoms with E-state index in [1.165, 1.54) is 22.3 Å². The number of carbonyl (C=O) groups excluding carboxylic acids is 1. The molecular formula is C27H38N2O. The number of hydrogen-bond acceptors (Lipinski definition) is 1. The van der Waals surface area contributed by atoms with Crippen molar-refractivity contribution < 1.29 is 4.79 Å². The topological polar surface area (TPSA) is 46.3 Å². The number of carbonyl (C=O) groups is 1. The molecule has 0 aromatic heterocycles. The Morgan fingerprint density at radius 2 is 1.40 bits per heavy atom. The van der Waals surface area contributed by atoms with Gasteiger partial charge in [0, 0.05) is 11.5 Å². The fraction of sp³-hybridized carbons (Fsp3) is 0.519. The number of para-hydroxylation sites is 1. The number of amides is 2. The van der Waals surface area contributed by atoms with Crippen LogP contribution in [-0.2, 0) is 10.8 Å². The average molecular weight is 407 g/mol. The van der Waals surface area contributed by atoms with Crippen molar-refractivity contribution in [3.63, 3.8) is 0 Å². The monoisotopic (exact) mass is 406 g/mol. The van der Waals surface area contributed by atoms with E-state index in [0.717, 1.165) is 12.1 Å². The first kappa shape index (κ1) is 22.4. The number of nitrogens with two attached hydrogens (primary N) is 1. The summed E-state index contributed by atoms with van der Waals surface area (Å²) in [5, 5.41) is 0. The van der Waals surface area contributed by atoms with Gasteiger partial charge in [-0.1, -0.05) is 97.9 Å². The van der Waals surface area contributed by atoms with Crippen molar-refractivity contribution in [3.8, 4) is 0 Å². The zero-order chi connectivity index (χ0) is 22.4. The predicted molar refractivity (Wildman–Crippen MR) is 128 cm³/mol. The van der Waals surface area contributed by atoms with Gasteiger partial charge in [0.2, 0.25) is 0 Å². The van der Waals surface area contributed by atoms with Gasteiger partial charge in [0.05, 0.1) is 5.69 Å². The van der Waals surface area contributed by atoms with E-state index < -0.39 is 0 Å². The zero-order valence-electron chi connectivity index (χ0n) is 19.9. The number of fused-ring (bicyclic) bond motifs is 1. The summed E-state index contributed by atoms with van der Waals surface area (Å²) in [6.07, 6.45) is 0.865. The van der Waals surface area contributed by atoms with Gasteiger partial charge in [-0.15, -0.1) is 0 Å². The molecule has 0 aliphatic heterocycles. The maximum absolute atomic E-state index is 13.1. The van der Waals surface area contributed by atoms with E-state index in [1.807, 2.05) is 4.90 Å². The van der Waals surface area contributed by atoms with Gasteiger partial charge in [-0.05, 0) is 45.9 Å². The minimum atomic E-state index is -0.363. The van der Waals surface area contributed by atoms with Crippen molar-refractivity contribution >= 4 is 11.7 Å². The number of rotatable bonds is 4. The van der Waals surface area contributed by atoms with Gasteiger partial charge in [0.1, 0.15) is 0 Å². The standard InChI is InChI=1S/C27H38N2O/c1-17(2)19-12-11-13-20(18(3)4)24(19)29(25(28)30)23-16-26(5,6)21-14-9-10-15-22(21)27(23,7)8/h9-15,17-18,23H,16H2,1-8H3,(H2,28,30). The lowest BCUT2D eigenvalue weighted by molar-refractivity contribution is 0.233. The Balaban J connectivity index is 2.29. The van der Waals surface area contributed by atoms with Crippen molar-refractivity contribution in [2.75, 3.05) is 4.90 Å². The zero-order valence-corrected chi connectivity index (χ0v) is 19.9. The summed E-state index contributed by atoms with van der Waals surface area (Å²) in [5.41, 5.74) is 12.0. The highest BCUT2D eigenvalue weighted by molar-refractivity contribution is 5.94. The van der Waals surface area contributed by atoms with Gasteiger partial charge >= 0.3 is 6.03 Å². The van der Waals surface area contributed by atoms with Crippen LogP contribution in [-0.4, -0.2) is 12.1 Å². The highest BCUT2D eigenvalue weighted by atomic mass is 16.2. The molecule has 0 fully saturated rings. The molecular weight excluding hydrogens is 368 g/mol. The second-order valence-electron chi connectivity index (χ2n) is 10.7. The summed E-state index contributed by atoms with van der Waals surface area (Å²) in [7, 11) is 0. The normalized spacial score (nSPS) is 19.6. The van der Waals surface area contributed by atoms with E-state index >= 15 is 0 Å². The third kappa shape index (κ3) is 3.64. The fourth-order valence-electron chi connectivity index (χ4n) is 5.29. The first-order chi connectivity index (χ1) is 13.9. The third-order valence-corrected chi connectivity index (χ3v) is 7.02. The summed E-state index contributed by atoms with van der Waals surface area (Å²) in [5.74, 6) is 0.597. The molecule has 0 spiro atoms. The van der Waals surface area contributed by atoms with E-state index in [2.05, 4.69) is 97.9 Å². The van der Waals surface area contributed by atoms with Gasteiger partial charge in [0.15, 0.2) is 0 Å². The lowest BCUT2D eigenvalue weighted by atomic mass is 9.60.